The molecule has 0 aromatic carbocycles. The number of nitrogens with zero attached hydrogens (tertiary/aromatic N) is 4. The molecule has 8 N–H and O–H groups in total. The Kier molecular flexibility index (Phi) is 9.55. The maximum atomic E-state index is 12.0. The Hall–Kier alpha value is -3.12. The zero-order valence-electron chi connectivity index (χ0n) is 20.5. The summed E-state index contributed by atoms with van der Waals surface area (Å²) in [5.41, 5.74) is 6.47. The molecule has 1 aliphatic heterocycles. The van der Waals surface area contributed by atoms with Crippen molar-refractivity contribution in [3.63, 3.8) is 0 Å². The Morgan fingerprint density at radius 2 is 1.89 bits per heavy atom. The van der Waals surface area contributed by atoms with Gasteiger partial charge < -0.3 is 36.6 Å². The van der Waals surface area contributed by atoms with Crippen molar-refractivity contribution < 1.29 is 33.0 Å². The van der Waals surface area contributed by atoms with E-state index in [2.05, 4.69) is 35.6 Å². The van der Waals surface area contributed by atoms with Crippen molar-refractivity contribution in [1.82, 2.24) is 34.9 Å². The number of imidazole rings is 1. The molecule has 0 bridgehead atoms. The molecule has 0 spiro atoms. The molecular formula is C20H33N9O7S. The molecule has 2 aromatic rings. The van der Waals surface area contributed by atoms with E-state index in [1.165, 1.54) is 17.9 Å². The fourth-order valence-electron chi connectivity index (χ4n) is 3.76. The number of nitrogens with two attached hydrogens (primary N) is 1. The van der Waals surface area contributed by atoms with Gasteiger partial charge in [0.2, 0.25) is 21.9 Å². The minimum Gasteiger partial charge on any atom is -0.387 e. The summed E-state index contributed by atoms with van der Waals surface area (Å²) >= 11 is 0. The number of likely N-dealkylation sites (N-methyl/N-ethyl adjacent to an activating group) is 1. The van der Waals surface area contributed by atoms with Crippen LogP contribution in [0.5, 0.6) is 0 Å². The van der Waals surface area contributed by atoms with E-state index in [0.29, 0.717) is 38.9 Å². The van der Waals surface area contributed by atoms with Gasteiger partial charge in [0.15, 0.2) is 23.8 Å². The van der Waals surface area contributed by atoms with Crippen LogP contribution in [0.3, 0.4) is 0 Å². The van der Waals surface area contributed by atoms with E-state index in [9.17, 15) is 28.2 Å². The number of rotatable bonds is 13. The second-order valence-electron chi connectivity index (χ2n) is 8.55. The highest BCUT2D eigenvalue weighted by Gasteiger charge is 2.47. The minimum atomic E-state index is -3.20. The van der Waals surface area contributed by atoms with Gasteiger partial charge in [0, 0.05) is 33.1 Å². The number of aliphatic hydroxyl groups is 2. The second-order valence-corrected chi connectivity index (χ2v) is 10.4. The number of amides is 2. The number of hydrogen-bond donors (Lipinski definition) is 7. The molecule has 3 heterocycles. The highest BCUT2D eigenvalue weighted by atomic mass is 32.2. The smallest absolute Gasteiger partial charge is 0.251 e. The van der Waals surface area contributed by atoms with Gasteiger partial charge in [-0.15, -0.1) is 0 Å². The standard InChI is InChI=1S/C20H33N9O7S/c1-22-18(33)15-13(31)14(32)19(36-15)29-10-25-12-16(21)27-20(28-17(12)29)24-9-8-23-11(30)6-4-3-5-7-26-37(2,34)35/h10,13-15,19,26,31-32H,3-9H2,1-2H3,(H,22,33)(H,23,30)(H3,21,24,27,28)/t13-,14+,15-,19?/m0/s1. The number of nitrogen functional groups attached to an aromatic ring is 1. The minimum absolute atomic E-state index is 0.0662. The normalized spacial score (nSPS) is 21.7. The summed E-state index contributed by atoms with van der Waals surface area (Å²) in [5.74, 6) is -0.504. The number of hydrogen-bond acceptors (Lipinski definition) is 12. The zero-order valence-corrected chi connectivity index (χ0v) is 21.4. The monoisotopic (exact) mass is 543 g/mol. The predicted octanol–water partition coefficient (Wildman–Crippen LogP) is -2.59. The number of sulfonamides is 1. The first-order chi connectivity index (χ1) is 17.5. The Bertz CT molecular complexity index is 1210. The van der Waals surface area contributed by atoms with Crippen LogP contribution in [0.2, 0.25) is 0 Å². The summed E-state index contributed by atoms with van der Waals surface area (Å²) in [5, 5.41) is 28.8. The van der Waals surface area contributed by atoms with Gasteiger partial charge in [0.25, 0.3) is 5.91 Å². The lowest BCUT2D eigenvalue weighted by atomic mass is 10.1. The van der Waals surface area contributed by atoms with Gasteiger partial charge in [-0.05, 0) is 12.8 Å². The first kappa shape index (κ1) is 28.5. The van der Waals surface area contributed by atoms with Crippen LogP contribution >= 0.6 is 0 Å². The van der Waals surface area contributed by atoms with Crippen LogP contribution in [0.15, 0.2) is 6.33 Å². The molecule has 17 heteroatoms. The summed E-state index contributed by atoms with van der Waals surface area (Å²) in [4.78, 5) is 36.6. The topological polar surface area (TPSA) is 236 Å². The van der Waals surface area contributed by atoms with Crippen molar-refractivity contribution >= 4 is 44.8 Å². The number of anilines is 2. The highest BCUT2D eigenvalue weighted by Crippen LogP contribution is 2.32. The van der Waals surface area contributed by atoms with Crippen molar-refractivity contribution in [3.8, 4) is 0 Å². The molecule has 0 radical (unpaired) electrons. The molecule has 2 amide bonds. The molecule has 37 heavy (non-hydrogen) atoms. The van der Waals surface area contributed by atoms with Gasteiger partial charge in [0.1, 0.15) is 17.7 Å². The number of carbonyl (C=O) groups excluding carboxylic acids is 2. The summed E-state index contributed by atoms with van der Waals surface area (Å²) in [6.45, 7) is 0.931. The molecule has 1 unspecified atom stereocenters. The molecule has 1 aliphatic rings. The van der Waals surface area contributed by atoms with Crippen molar-refractivity contribution in [2.75, 3.05) is 44.0 Å². The van der Waals surface area contributed by atoms with Crippen LogP contribution < -0.4 is 26.4 Å². The van der Waals surface area contributed by atoms with Crippen molar-refractivity contribution in [1.29, 1.82) is 0 Å². The van der Waals surface area contributed by atoms with E-state index in [1.54, 1.807) is 0 Å². The van der Waals surface area contributed by atoms with Gasteiger partial charge in [-0.2, -0.15) is 9.97 Å². The first-order valence-electron chi connectivity index (χ1n) is 11.7. The van der Waals surface area contributed by atoms with E-state index in [0.717, 1.165) is 12.7 Å². The molecule has 1 fully saturated rings. The highest BCUT2D eigenvalue weighted by molar-refractivity contribution is 7.88. The van der Waals surface area contributed by atoms with Gasteiger partial charge >= 0.3 is 0 Å². The van der Waals surface area contributed by atoms with Gasteiger partial charge in [-0.3, -0.25) is 14.2 Å². The predicted molar refractivity (Wildman–Crippen MR) is 133 cm³/mol. The molecule has 3 rings (SSSR count). The third-order valence-corrected chi connectivity index (χ3v) is 6.37. The second kappa shape index (κ2) is 12.4. The lowest BCUT2D eigenvalue weighted by molar-refractivity contribution is -0.137. The molecule has 0 saturated carbocycles. The summed E-state index contributed by atoms with van der Waals surface area (Å²) in [6.07, 6.45) is -0.532. The van der Waals surface area contributed by atoms with Gasteiger partial charge in [-0.25, -0.2) is 18.1 Å². The number of fused-ring (bicyclic) bond motifs is 1. The van der Waals surface area contributed by atoms with Crippen LogP contribution in [-0.4, -0.2) is 101 Å². The van der Waals surface area contributed by atoms with Crippen LogP contribution in [0.1, 0.15) is 31.9 Å². The largest absolute Gasteiger partial charge is 0.387 e. The number of aliphatic hydroxyl groups excluding tert-OH is 2. The molecular weight excluding hydrogens is 510 g/mol. The van der Waals surface area contributed by atoms with Gasteiger partial charge in [-0.1, -0.05) is 6.42 Å². The average Bonchev–Trinajstić information content (AvgIpc) is 3.39. The molecule has 0 aliphatic carbocycles. The van der Waals surface area contributed by atoms with Crippen LogP contribution in [0.25, 0.3) is 11.2 Å². The van der Waals surface area contributed by atoms with E-state index in [1.807, 2.05) is 0 Å². The quantitative estimate of drug-likeness (QED) is 0.129. The Balaban J connectivity index is 1.51. The van der Waals surface area contributed by atoms with Crippen LogP contribution in [0, 0.1) is 0 Å². The lowest BCUT2D eigenvalue weighted by Crippen LogP contribution is -2.41. The van der Waals surface area contributed by atoms with Crippen molar-refractivity contribution in [2.45, 2.75) is 50.2 Å². The molecule has 4 atom stereocenters. The average molecular weight is 544 g/mol. The van der Waals surface area contributed by atoms with E-state index in [-0.39, 0.29) is 28.8 Å². The molecule has 206 valence electrons. The van der Waals surface area contributed by atoms with Crippen molar-refractivity contribution in [3.05, 3.63) is 6.33 Å². The van der Waals surface area contributed by atoms with E-state index in [4.69, 9.17) is 10.5 Å². The molecule has 16 nitrogen and oxygen atoms in total. The summed E-state index contributed by atoms with van der Waals surface area (Å²) in [6, 6.07) is 0. The number of ether oxygens (including phenoxy) is 1. The summed E-state index contributed by atoms with van der Waals surface area (Å²) in [7, 11) is -1.81. The third-order valence-electron chi connectivity index (χ3n) is 5.64. The number of nitrogens with one attached hydrogen (secondary N) is 4. The van der Waals surface area contributed by atoms with E-state index >= 15 is 0 Å². The Labute approximate surface area is 213 Å². The Morgan fingerprint density at radius 1 is 1.14 bits per heavy atom. The van der Waals surface area contributed by atoms with Crippen LogP contribution in [0.4, 0.5) is 11.8 Å². The fourth-order valence-corrected chi connectivity index (χ4v) is 4.28. The fraction of sp³-hybridized carbons (Fsp3) is 0.650. The Morgan fingerprint density at radius 3 is 2.59 bits per heavy atom. The SMILES string of the molecule is CNC(=O)[C@H]1OC(n2cnc3c(N)nc(NCCNC(=O)CCCCCNS(C)(=O)=O)nc32)[C@H](O)[C@@H]1O. The van der Waals surface area contributed by atoms with Crippen molar-refractivity contribution in [2.24, 2.45) is 0 Å². The summed E-state index contributed by atoms with van der Waals surface area (Å²) < 4.78 is 31.3. The number of aromatic nitrogens is 4. The zero-order chi connectivity index (χ0) is 27.2. The van der Waals surface area contributed by atoms with Crippen LogP contribution in [-0.2, 0) is 24.3 Å². The third kappa shape index (κ3) is 7.45. The number of carbonyl (C=O) groups is 2. The molecule has 1 saturated heterocycles. The molecule has 2 aromatic heterocycles. The van der Waals surface area contributed by atoms with Gasteiger partial charge in [0.05, 0.1) is 12.6 Å². The lowest BCUT2D eigenvalue weighted by Gasteiger charge is -2.16. The maximum Gasteiger partial charge on any atom is 0.251 e. The number of unbranched alkanes of at least 4 members (excludes halogenated alkanes) is 2. The first-order valence-corrected chi connectivity index (χ1v) is 13.6. The van der Waals surface area contributed by atoms with E-state index < -0.39 is 40.5 Å². The maximum absolute atomic E-state index is 12.0.